The van der Waals surface area contributed by atoms with Crippen LogP contribution >= 0.6 is 0 Å². The minimum absolute atomic E-state index is 0.0449. The molecule has 0 radical (unpaired) electrons. The predicted octanol–water partition coefficient (Wildman–Crippen LogP) is 1.58. The second-order valence-corrected chi connectivity index (χ2v) is 3.66. The van der Waals surface area contributed by atoms with Crippen molar-refractivity contribution in [3.8, 4) is 0 Å². The van der Waals surface area contributed by atoms with Crippen LogP contribution in [0, 0.1) is 6.92 Å². The maximum atomic E-state index is 10.8. The molecule has 0 spiro atoms. The van der Waals surface area contributed by atoms with E-state index in [0.29, 0.717) is 24.8 Å². The molecule has 1 aromatic heterocycles. The van der Waals surface area contributed by atoms with Crippen LogP contribution in [0.15, 0.2) is 4.42 Å². The van der Waals surface area contributed by atoms with Crippen LogP contribution in [0.5, 0.6) is 0 Å². The van der Waals surface area contributed by atoms with Crippen molar-refractivity contribution >= 4 is 5.97 Å². The molecule has 0 aliphatic carbocycles. The summed E-state index contributed by atoms with van der Waals surface area (Å²) in [6, 6.07) is 0. The average molecular weight is 211 g/mol. The summed E-state index contributed by atoms with van der Waals surface area (Å²) in [7, 11) is 0. The zero-order valence-electron chi connectivity index (χ0n) is 8.52. The number of aromatic nitrogens is 1. The monoisotopic (exact) mass is 211 g/mol. The van der Waals surface area contributed by atoms with E-state index < -0.39 is 5.97 Å². The first kappa shape index (κ1) is 10.2. The lowest BCUT2D eigenvalue weighted by Gasteiger charge is -2.18. The van der Waals surface area contributed by atoms with E-state index in [4.69, 9.17) is 14.3 Å². The number of hydrogen-bond acceptors (Lipinski definition) is 4. The van der Waals surface area contributed by atoms with Crippen molar-refractivity contribution in [3.05, 3.63) is 17.3 Å². The largest absolute Gasteiger partial charge is 0.475 e. The standard InChI is InChI=1S/C10H13NO4/c1-6-8(10(12)13)15-9(11-6)7-2-4-14-5-3-7/h7H,2-5H2,1H3,(H,12,13). The van der Waals surface area contributed by atoms with E-state index >= 15 is 0 Å². The SMILES string of the molecule is Cc1nc(C2CCOCC2)oc1C(=O)O. The molecule has 0 atom stereocenters. The van der Waals surface area contributed by atoms with Crippen LogP contribution in [0.2, 0.25) is 0 Å². The van der Waals surface area contributed by atoms with E-state index in [1.54, 1.807) is 6.92 Å². The Balaban J connectivity index is 2.21. The molecule has 5 nitrogen and oxygen atoms in total. The van der Waals surface area contributed by atoms with Gasteiger partial charge in [-0.25, -0.2) is 9.78 Å². The van der Waals surface area contributed by atoms with Gasteiger partial charge < -0.3 is 14.3 Å². The van der Waals surface area contributed by atoms with Gasteiger partial charge >= 0.3 is 5.97 Å². The summed E-state index contributed by atoms with van der Waals surface area (Å²) < 4.78 is 10.5. The van der Waals surface area contributed by atoms with Crippen LogP contribution in [-0.4, -0.2) is 29.3 Å². The van der Waals surface area contributed by atoms with Gasteiger partial charge in [0.15, 0.2) is 5.89 Å². The predicted molar refractivity (Wildman–Crippen MR) is 51.0 cm³/mol. The lowest BCUT2D eigenvalue weighted by Crippen LogP contribution is -2.14. The molecule has 15 heavy (non-hydrogen) atoms. The summed E-state index contributed by atoms with van der Waals surface area (Å²) in [5, 5.41) is 8.82. The second-order valence-electron chi connectivity index (χ2n) is 3.66. The molecule has 0 amide bonds. The zero-order valence-corrected chi connectivity index (χ0v) is 8.52. The molecule has 0 saturated carbocycles. The molecule has 82 valence electrons. The van der Waals surface area contributed by atoms with Crippen LogP contribution in [0.4, 0.5) is 0 Å². The summed E-state index contributed by atoms with van der Waals surface area (Å²) in [6.07, 6.45) is 1.69. The first-order valence-corrected chi connectivity index (χ1v) is 4.97. The van der Waals surface area contributed by atoms with Crippen LogP contribution in [0.25, 0.3) is 0 Å². The topological polar surface area (TPSA) is 72.6 Å². The maximum Gasteiger partial charge on any atom is 0.373 e. The van der Waals surface area contributed by atoms with Gasteiger partial charge in [0.1, 0.15) is 0 Å². The number of aromatic carboxylic acids is 1. The van der Waals surface area contributed by atoms with Gasteiger partial charge in [0.25, 0.3) is 0 Å². The van der Waals surface area contributed by atoms with E-state index in [2.05, 4.69) is 4.98 Å². The van der Waals surface area contributed by atoms with Gasteiger partial charge in [-0.3, -0.25) is 0 Å². The molecule has 1 N–H and O–H groups in total. The van der Waals surface area contributed by atoms with Gasteiger partial charge in [0.2, 0.25) is 5.76 Å². The number of rotatable bonds is 2. The summed E-state index contributed by atoms with van der Waals surface area (Å²) in [5.74, 6) is -0.367. The summed E-state index contributed by atoms with van der Waals surface area (Å²) >= 11 is 0. The summed E-state index contributed by atoms with van der Waals surface area (Å²) in [5.41, 5.74) is 0.448. The Bertz CT molecular complexity index is 365. The quantitative estimate of drug-likeness (QED) is 0.803. The van der Waals surface area contributed by atoms with E-state index in [0.717, 1.165) is 12.8 Å². The fraction of sp³-hybridized carbons (Fsp3) is 0.600. The molecule has 2 rings (SSSR count). The third-order valence-electron chi connectivity index (χ3n) is 2.58. The van der Waals surface area contributed by atoms with Crippen LogP contribution in [0.1, 0.15) is 40.9 Å². The minimum atomic E-state index is -1.06. The van der Waals surface area contributed by atoms with E-state index in [1.165, 1.54) is 0 Å². The summed E-state index contributed by atoms with van der Waals surface area (Å²) in [6.45, 7) is 3.03. The molecule has 1 aliphatic rings. The number of ether oxygens (including phenoxy) is 1. The lowest BCUT2D eigenvalue weighted by molar-refractivity contribution is 0.0646. The molecule has 5 heteroatoms. The van der Waals surface area contributed by atoms with Crippen molar-refractivity contribution in [2.75, 3.05) is 13.2 Å². The van der Waals surface area contributed by atoms with E-state index in [1.807, 2.05) is 0 Å². The zero-order chi connectivity index (χ0) is 10.8. The van der Waals surface area contributed by atoms with Gasteiger partial charge in [-0.2, -0.15) is 0 Å². The lowest BCUT2D eigenvalue weighted by atomic mass is 10.0. The van der Waals surface area contributed by atoms with Crippen LogP contribution in [0.3, 0.4) is 0 Å². The summed E-state index contributed by atoms with van der Waals surface area (Å²) in [4.78, 5) is 14.9. The normalized spacial score (nSPS) is 17.9. The Morgan fingerprint density at radius 2 is 2.13 bits per heavy atom. The van der Waals surface area contributed by atoms with Crippen molar-refractivity contribution in [2.45, 2.75) is 25.7 Å². The Hall–Kier alpha value is -1.36. The Morgan fingerprint density at radius 1 is 1.47 bits per heavy atom. The van der Waals surface area contributed by atoms with Crippen molar-refractivity contribution in [1.82, 2.24) is 4.98 Å². The van der Waals surface area contributed by atoms with Crippen LogP contribution < -0.4 is 0 Å². The van der Waals surface area contributed by atoms with Crippen molar-refractivity contribution in [3.63, 3.8) is 0 Å². The number of hydrogen-bond donors (Lipinski definition) is 1. The fourth-order valence-electron chi connectivity index (χ4n) is 1.73. The van der Waals surface area contributed by atoms with Gasteiger partial charge in [0.05, 0.1) is 5.69 Å². The number of aryl methyl sites for hydroxylation is 1. The van der Waals surface area contributed by atoms with Gasteiger partial charge in [0, 0.05) is 19.1 Å². The van der Waals surface area contributed by atoms with Gasteiger partial charge in [-0.05, 0) is 19.8 Å². The number of carboxylic acids is 1. The van der Waals surface area contributed by atoms with Crippen LogP contribution in [-0.2, 0) is 4.74 Å². The van der Waals surface area contributed by atoms with E-state index in [9.17, 15) is 4.79 Å². The number of carbonyl (C=O) groups is 1. The molecule has 1 fully saturated rings. The maximum absolute atomic E-state index is 10.8. The van der Waals surface area contributed by atoms with Gasteiger partial charge in [-0.15, -0.1) is 0 Å². The van der Waals surface area contributed by atoms with Crippen molar-refractivity contribution < 1.29 is 19.1 Å². The first-order valence-electron chi connectivity index (χ1n) is 4.97. The average Bonchev–Trinajstić information content (AvgIpc) is 2.62. The highest BCUT2D eigenvalue weighted by Gasteiger charge is 2.24. The number of carboxylic acid groups (broad SMARTS) is 1. The second kappa shape index (κ2) is 4.02. The number of oxazole rings is 1. The highest BCUT2D eigenvalue weighted by molar-refractivity contribution is 5.85. The Labute approximate surface area is 87.1 Å². The van der Waals surface area contributed by atoms with Gasteiger partial charge in [-0.1, -0.05) is 0 Å². The molecule has 1 aliphatic heterocycles. The molecule has 0 bridgehead atoms. The molecule has 1 aromatic rings. The Morgan fingerprint density at radius 3 is 2.67 bits per heavy atom. The third-order valence-corrected chi connectivity index (χ3v) is 2.58. The molecular formula is C10H13NO4. The smallest absolute Gasteiger partial charge is 0.373 e. The molecule has 2 heterocycles. The van der Waals surface area contributed by atoms with E-state index in [-0.39, 0.29) is 11.7 Å². The highest BCUT2D eigenvalue weighted by atomic mass is 16.5. The molecular weight excluding hydrogens is 198 g/mol. The molecule has 0 unspecified atom stereocenters. The fourth-order valence-corrected chi connectivity index (χ4v) is 1.73. The first-order chi connectivity index (χ1) is 7.18. The minimum Gasteiger partial charge on any atom is -0.475 e. The van der Waals surface area contributed by atoms with Crippen molar-refractivity contribution in [2.24, 2.45) is 0 Å². The molecule has 0 aromatic carbocycles. The highest BCUT2D eigenvalue weighted by Crippen LogP contribution is 2.27. The third kappa shape index (κ3) is 2.02. The number of nitrogens with zero attached hydrogens (tertiary/aromatic N) is 1. The van der Waals surface area contributed by atoms with Crippen molar-refractivity contribution in [1.29, 1.82) is 0 Å². The Kier molecular flexibility index (Phi) is 2.73. The molecule has 1 saturated heterocycles.